The van der Waals surface area contributed by atoms with E-state index in [0.29, 0.717) is 0 Å². The number of allylic oxidation sites excluding steroid dienone is 2. The van der Waals surface area contributed by atoms with Crippen LogP contribution in [0, 0.1) is 0 Å². The number of unbranched alkanes of at least 4 members (excludes halogenated alkanes) is 4. The highest BCUT2D eigenvalue weighted by atomic mass is 16.7. The predicted octanol–water partition coefficient (Wildman–Crippen LogP) is 4.69. The molecule has 0 aliphatic rings. The topological polar surface area (TPSA) is 18.5 Å². The first kappa shape index (κ1) is 16.7. The Bertz CT molecular complexity index is 160. The van der Waals surface area contributed by atoms with E-state index in [1.54, 1.807) is 0 Å². The Balaban J connectivity index is 3.32. The third-order valence-corrected chi connectivity index (χ3v) is 2.67. The van der Waals surface area contributed by atoms with Crippen molar-refractivity contribution >= 4 is 0 Å². The fraction of sp³-hybridized carbons (Fsp3) is 0.867. The lowest BCUT2D eigenvalue weighted by atomic mass is 10.1. The normalized spacial score (nSPS) is 11.8. The Morgan fingerprint density at radius 2 is 1.47 bits per heavy atom. The summed E-state index contributed by atoms with van der Waals surface area (Å²) in [4.78, 5) is 0. The van der Waals surface area contributed by atoms with Crippen molar-refractivity contribution in [2.75, 3.05) is 13.2 Å². The molecule has 0 N–H and O–H groups in total. The molecule has 0 atom stereocenters. The highest BCUT2D eigenvalue weighted by Gasteiger charge is 2.06. The summed E-state index contributed by atoms with van der Waals surface area (Å²) in [7, 11) is 0. The van der Waals surface area contributed by atoms with E-state index in [-0.39, 0.29) is 6.29 Å². The van der Waals surface area contributed by atoms with Gasteiger partial charge in [-0.25, -0.2) is 0 Å². The second-order valence-electron chi connectivity index (χ2n) is 4.21. The summed E-state index contributed by atoms with van der Waals surface area (Å²) >= 11 is 0. The first-order valence-corrected chi connectivity index (χ1v) is 7.23. The molecule has 0 saturated heterocycles. The van der Waals surface area contributed by atoms with Gasteiger partial charge in [-0.1, -0.05) is 31.9 Å². The van der Waals surface area contributed by atoms with Crippen molar-refractivity contribution in [2.24, 2.45) is 0 Å². The van der Waals surface area contributed by atoms with Gasteiger partial charge in [0.1, 0.15) is 0 Å². The van der Waals surface area contributed by atoms with Gasteiger partial charge in [-0.3, -0.25) is 0 Å². The molecule has 102 valence electrons. The van der Waals surface area contributed by atoms with Gasteiger partial charge >= 0.3 is 0 Å². The molecule has 2 nitrogen and oxygen atoms in total. The van der Waals surface area contributed by atoms with Gasteiger partial charge in [0.15, 0.2) is 6.29 Å². The Morgan fingerprint density at radius 3 is 2.06 bits per heavy atom. The van der Waals surface area contributed by atoms with Crippen LogP contribution in [0.3, 0.4) is 0 Å². The molecule has 0 saturated carbocycles. The third kappa shape index (κ3) is 11.9. The number of hydrogen-bond acceptors (Lipinski definition) is 2. The van der Waals surface area contributed by atoms with E-state index in [9.17, 15) is 0 Å². The summed E-state index contributed by atoms with van der Waals surface area (Å²) in [6, 6.07) is 0. The summed E-state index contributed by atoms with van der Waals surface area (Å²) in [6.07, 6.45) is 13.1. The molecule has 0 radical (unpaired) electrons. The molecule has 2 heteroatoms. The van der Waals surface area contributed by atoms with Gasteiger partial charge in [-0.15, -0.1) is 0 Å². The third-order valence-electron chi connectivity index (χ3n) is 2.67. The zero-order chi connectivity index (χ0) is 12.8. The lowest BCUT2D eigenvalue weighted by molar-refractivity contribution is -0.140. The molecule has 0 amide bonds. The molecule has 0 aromatic rings. The Morgan fingerprint density at radius 1 is 0.824 bits per heavy atom. The fourth-order valence-electron chi connectivity index (χ4n) is 1.80. The molecule has 0 heterocycles. The van der Waals surface area contributed by atoms with Crippen LogP contribution < -0.4 is 0 Å². The second-order valence-corrected chi connectivity index (χ2v) is 4.21. The van der Waals surface area contributed by atoms with Crippen LogP contribution in [0.15, 0.2) is 12.2 Å². The molecule has 0 aromatic carbocycles. The molecule has 0 bridgehead atoms. The van der Waals surface area contributed by atoms with E-state index < -0.39 is 0 Å². The standard InChI is InChI=1S/C15H30O2/c1-4-7-8-9-10-11-12-13-14-15(16-5-2)17-6-3/h7-8,15H,4-6,9-14H2,1-3H3/b8-7-. The van der Waals surface area contributed by atoms with Crippen LogP contribution in [-0.2, 0) is 9.47 Å². The van der Waals surface area contributed by atoms with Crippen molar-refractivity contribution in [2.45, 2.75) is 72.0 Å². The minimum absolute atomic E-state index is 0.0185. The van der Waals surface area contributed by atoms with Crippen molar-refractivity contribution in [3.8, 4) is 0 Å². The minimum Gasteiger partial charge on any atom is -0.353 e. The highest BCUT2D eigenvalue weighted by Crippen LogP contribution is 2.11. The molecule has 0 unspecified atom stereocenters. The second kappa shape index (κ2) is 13.7. The first-order valence-electron chi connectivity index (χ1n) is 7.23. The SMILES string of the molecule is CC/C=C\CCCCCCC(OCC)OCC. The minimum atomic E-state index is 0.0185. The Labute approximate surface area is 107 Å². The van der Waals surface area contributed by atoms with Crippen molar-refractivity contribution in [1.29, 1.82) is 0 Å². The van der Waals surface area contributed by atoms with Crippen molar-refractivity contribution in [3.05, 3.63) is 12.2 Å². The predicted molar refractivity (Wildman–Crippen MR) is 74.2 cm³/mol. The molecule has 17 heavy (non-hydrogen) atoms. The smallest absolute Gasteiger partial charge is 0.157 e. The average molecular weight is 242 g/mol. The van der Waals surface area contributed by atoms with Gasteiger partial charge in [0.2, 0.25) is 0 Å². The van der Waals surface area contributed by atoms with Crippen LogP contribution >= 0.6 is 0 Å². The summed E-state index contributed by atoms with van der Waals surface area (Å²) in [5.41, 5.74) is 0. The molecule has 0 spiro atoms. The lowest BCUT2D eigenvalue weighted by Crippen LogP contribution is -2.17. The van der Waals surface area contributed by atoms with Crippen LogP contribution in [0.2, 0.25) is 0 Å². The Hall–Kier alpha value is -0.340. The largest absolute Gasteiger partial charge is 0.353 e. The number of rotatable bonds is 12. The van der Waals surface area contributed by atoms with Gasteiger partial charge in [0.25, 0.3) is 0 Å². The summed E-state index contributed by atoms with van der Waals surface area (Å²) in [6.45, 7) is 7.70. The number of ether oxygens (including phenoxy) is 2. The van der Waals surface area contributed by atoms with Crippen molar-refractivity contribution in [3.63, 3.8) is 0 Å². The maximum Gasteiger partial charge on any atom is 0.157 e. The van der Waals surface area contributed by atoms with E-state index in [2.05, 4.69) is 19.1 Å². The molecular formula is C15H30O2. The van der Waals surface area contributed by atoms with E-state index in [1.165, 1.54) is 32.1 Å². The van der Waals surface area contributed by atoms with Crippen LogP contribution in [-0.4, -0.2) is 19.5 Å². The van der Waals surface area contributed by atoms with Crippen LogP contribution in [0.5, 0.6) is 0 Å². The molecule has 0 aliphatic heterocycles. The van der Waals surface area contributed by atoms with Crippen LogP contribution in [0.25, 0.3) is 0 Å². The van der Waals surface area contributed by atoms with Gasteiger partial charge < -0.3 is 9.47 Å². The van der Waals surface area contributed by atoms with Gasteiger partial charge in [0, 0.05) is 13.2 Å². The summed E-state index contributed by atoms with van der Waals surface area (Å²) < 4.78 is 11.0. The quantitative estimate of drug-likeness (QED) is 0.281. The van der Waals surface area contributed by atoms with Crippen molar-refractivity contribution in [1.82, 2.24) is 0 Å². The monoisotopic (exact) mass is 242 g/mol. The highest BCUT2D eigenvalue weighted by molar-refractivity contribution is 4.79. The summed E-state index contributed by atoms with van der Waals surface area (Å²) in [5, 5.41) is 0. The van der Waals surface area contributed by atoms with Crippen LogP contribution in [0.1, 0.15) is 65.7 Å². The van der Waals surface area contributed by atoms with Crippen LogP contribution in [0.4, 0.5) is 0 Å². The van der Waals surface area contributed by atoms with Gasteiger partial charge in [-0.05, 0) is 46.0 Å². The molecular weight excluding hydrogens is 212 g/mol. The zero-order valence-electron chi connectivity index (χ0n) is 11.9. The van der Waals surface area contributed by atoms with Crippen molar-refractivity contribution < 1.29 is 9.47 Å². The van der Waals surface area contributed by atoms with E-state index >= 15 is 0 Å². The first-order chi connectivity index (χ1) is 8.35. The molecule has 0 rings (SSSR count). The van der Waals surface area contributed by atoms with Gasteiger partial charge in [0.05, 0.1) is 0 Å². The molecule has 0 fully saturated rings. The summed E-state index contributed by atoms with van der Waals surface area (Å²) in [5.74, 6) is 0. The fourth-order valence-corrected chi connectivity index (χ4v) is 1.80. The van der Waals surface area contributed by atoms with E-state index in [0.717, 1.165) is 26.1 Å². The molecule has 0 aromatic heterocycles. The lowest BCUT2D eigenvalue weighted by Gasteiger charge is -2.16. The number of hydrogen-bond donors (Lipinski definition) is 0. The van der Waals surface area contributed by atoms with E-state index in [4.69, 9.17) is 9.47 Å². The maximum atomic E-state index is 5.51. The average Bonchev–Trinajstić information content (AvgIpc) is 2.33. The molecule has 0 aliphatic carbocycles. The van der Waals surface area contributed by atoms with E-state index in [1.807, 2.05) is 13.8 Å². The Kier molecular flexibility index (Phi) is 13.4. The zero-order valence-corrected chi connectivity index (χ0v) is 11.9. The van der Waals surface area contributed by atoms with Gasteiger partial charge in [-0.2, -0.15) is 0 Å². The maximum absolute atomic E-state index is 5.51.